The van der Waals surface area contributed by atoms with Crippen molar-refractivity contribution in [3.8, 4) is 5.75 Å². The Labute approximate surface area is 177 Å². The van der Waals surface area contributed by atoms with Crippen LogP contribution in [0.1, 0.15) is 25.7 Å². The first-order valence-corrected chi connectivity index (χ1v) is 11.3. The standard InChI is InChI=1S/C21H25ClN2O4S/c1-23(17-5-3-4-6-17)21(25)15-24(18-9-7-16(22)8-10-18)29(26,27)20-13-11-19(28-2)12-14-20/h7-14,17H,3-6,15H2,1-2H3. The minimum atomic E-state index is -3.96. The number of rotatable bonds is 7. The zero-order valence-corrected chi connectivity index (χ0v) is 18.1. The third-order valence-electron chi connectivity index (χ3n) is 5.31. The lowest BCUT2D eigenvalue weighted by Crippen LogP contribution is -2.44. The van der Waals surface area contributed by atoms with Crippen LogP contribution in [-0.4, -0.2) is 46.0 Å². The molecule has 1 aliphatic carbocycles. The number of amides is 1. The van der Waals surface area contributed by atoms with Gasteiger partial charge in [-0.2, -0.15) is 0 Å². The number of hydrogen-bond acceptors (Lipinski definition) is 4. The lowest BCUT2D eigenvalue weighted by molar-refractivity contribution is -0.130. The summed E-state index contributed by atoms with van der Waals surface area (Å²) in [5, 5.41) is 0.491. The molecule has 0 heterocycles. The molecule has 0 saturated heterocycles. The van der Waals surface area contributed by atoms with E-state index in [1.165, 1.54) is 19.2 Å². The molecule has 1 saturated carbocycles. The largest absolute Gasteiger partial charge is 0.497 e. The fourth-order valence-electron chi connectivity index (χ4n) is 3.53. The normalized spacial score (nSPS) is 14.6. The zero-order valence-electron chi connectivity index (χ0n) is 16.5. The Hall–Kier alpha value is -2.25. The number of nitrogens with zero attached hydrogens (tertiary/aromatic N) is 2. The fourth-order valence-corrected chi connectivity index (χ4v) is 5.07. The predicted octanol–water partition coefficient (Wildman–Crippen LogP) is 3.94. The van der Waals surface area contributed by atoms with E-state index in [4.69, 9.17) is 16.3 Å². The third-order valence-corrected chi connectivity index (χ3v) is 7.35. The first-order chi connectivity index (χ1) is 13.8. The van der Waals surface area contributed by atoms with Crippen LogP contribution in [0.2, 0.25) is 5.02 Å². The van der Waals surface area contributed by atoms with Gasteiger partial charge in [0.15, 0.2) is 0 Å². The van der Waals surface area contributed by atoms with Gasteiger partial charge in [0, 0.05) is 18.1 Å². The van der Waals surface area contributed by atoms with Gasteiger partial charge in [-0.1, -0.05) is 24.4 Å². The summed E-state index contributed by atoms with van der Waals surface area (Å²) in [6, 6.07) is 12.7. The number of ether oxygens (including phenoxy) is 1. The molecule has 0 aliphatic heterocycles. The second-order valence-corrected chi connectivity index (χ2v) is 9.41. The van der Waals surface area contributed by atoms with Crippen LogP contribution in [0.15, 0.2) is 53.4 Å². The number of methoxy groups -OCH3 is 1. The van der Waals surface area contributed by atoms with Crippen molar-refractivity contribution in [2.75, 3.05) is 25.0 Å². The van der Waals surface area contributed by atoms with Gasteiger partial charge in [0.1, 0.15) is 12.3 Å². The van der Waals surface area contributed by atoms with E-state index in [-0.39, 0.29) is 23.4 Å². The van der Waals surface area contributed by atoms with Crippen molar-refractivity contribution in [3.63, 3.8) is 0 Å². The van der Waals surface area contributed by atoms with E-state index in [0.29, 0.717) is 16.5 Å². The van der Waals surface area contributed by atoms with E-state index >= 15 is 0 Å². The fraction of sp³-hybridized carbons (Fsp3) is 0.381. The van der Waals surface area contributed by atoms with Gasteiger partial charge >= 0.3 is 0 Å². The highest BCUT2D eigenvalue weighted by molar-refractivity contribution is 7.92. The second kappa shape index (κ2) is 9.05. The van der Waals surface area contributed by atoms with Gasteiger partial charge in [0.05, 0.1) is 17.7 Å². The van der Waals surface area contributed by atoms with Crippen LogP contribution >= 0.6 is 11.6 Å². The summed E-state index contributed by atoms with van der Waals surface area (Å²) in [5.74, 6) is 0.322. The molecule has 0 bridgehead atoms. The lowest BCUT2D eigenvalue weighted by atomic mass is 10.2. The zero-order chi connectivity index (χ0) is 21.0. The number of halogens is 1. The van der Waals surface area contributed by atoms with E-state index in [2.05, 4.69) is 0 Å². The van der Waals surface area contributed by atoms with Crippen LogP contribution < -0.4 is 9.04 Å². The summed E-state index contributed by atoms with van der Waals surface area (Å²) < 4.78 is 33.0. The van der Waals surface area contributed by atoms with Crippen LogP contribution in [0, 0.1) is 0 Å². The van der Waals surface area contributed by atoms with E-state index in [1.807, 2.05) is 0 Å². The molecule has 8 heteroatoms. The predicted molar refractivity (Wildman–Crippen MR) is 114 cm³/mol. The monoisotopic (exact) mass is 436 g/mol. The summed E-state index contributed by atoms with van der Waals surface area (Å²) in [6.45, 7) is -0.275. The van der Waals surface area contributed by atoms with Crippen molar-refractivity contribution in [3.05, 3.63) is 53.6 Å². The Morgan fingerprint density at radius 2 is 1.66 bits per heavy atom. The van der Waals surface area contributed by atoms with Crippen LogP contribution in [-0.2, 0) is 14.8 Å². The SMILES string of the molecule is COc1ccc(S(=O)(=O)N(CC(=O)N(C)C2CCCC2)c2ccc(Cl)cc2)cc1. The van der Waals surface area contributed by atoms with Gasteiger partial charge in [0.25, 0.3) is 10.0 Å². The van der Waals surface area contributed by atoms with Gasteiger partial charge < -0.3 is 9.64 Å². The van der Waals surface area contributed by atoms with E-state index in [1.54, 1.807) is 48.3 Å². The molecule has 0 N–H and O–H groups in total. The van der Waals surface area contributed by atoms with Gasteiger partial charge in [-0.05, 0) is 61.4 Å². The first-order valence-electron chi connectivity index (χ1n) is 9.51. The van der Waals surface area contributed by atoms with Gasteiger partial charge in [0.2, 0.25) is 5.91 Å². The summed E-state index contributed by atoms with van der Waals surface area (Å²) in [6.07, 6.45) is 4.09. The Balaban J connectivity index is 1.93. The van der Waals surface area contributed by atoms with Crippen molar-refractivity contribution >= 4 is 33.2 Å². The molecule has 1 fully saturated rings. The number of hydrogen-bond donors (Lipinski definition) is 0. The molecule has 2 aromatic rings. The van der Waals surface area contributed by atoms with Crippen LogP contribution in [0.5, 0.6) is 5.75 Å². The maximum Gasteiger partial charge on any atom is 0.264 e. The van der Waals surface area contributed by atoms with Crippen molar-refractivity contribution in [2.45, 2.75) is 36.6 Å². The minimum Gasteiger partial charge on any atom is -0.497 e. The molecule has 0 atom stereocenters. The molecular weight excluding hydrogens is 412 g/mol. The summed E-state index contributed by atoms with van der Waals surface area (Å²) >= 11 is 5.97. The molecule has 6 nitrogen and oxygen atoms in total. The lowest BCUT2D eigenvalue weighted by Gasteiger charge is -2.29. The average molecular weight is 437 g/mol. The van der Waals surface area contributed by atoms with Crippen molar-refractivity contribution in [1.82, 2.24) is 4.90 Å². The summed E-state index contributed by atoms with van der Waals surface area (Å²) in [7, 11) is -0.694. The molecule has 2 aromatic carbocycles. The molecule has 3 rings (SSSR count). The quantitative estimate of drug-likeness (QED) is 0.659. The number of sulfonamides is 1. The molecule has 0 aromatic heterocycles. The molecule has 1 aliphatic rings. The Morgan fingerprint density at radius 3 is 2.21 bits per heavy atom. The van der Waals surface area contributed by atoms with Crippen molar-refractivity contribution in [1.29, 1.82) is 0 Å². The van der Waals surface area contributed by atoms with E-state index in [9.17, 15) is 13.2 Å². The Bertz CT molecular complexity index is 940. The molecule has 0 spiro atoms. The average Bonchev–Trinajstić information content (AvgIpc) is 3.27. The van der Waals surface area contributed by atoms with Crippen LogP contribution in [0.25, 0.3) is 0 Å². The van der Waals surface area contributed by atoms with Crippen molar-refractivity contribution in [2.24, 2.45) is 0 Å². The highest BCUT2D eigenvalue weighted by Crippen LogP contribution is 2.28. The first kappa shape index (κ1) is 21.5. The number of likely N-dealkylation sites (N-methyl/N-ethyl adjacent to an activating group) is 1. The molecular formula is C21H25ClN2O4S. The second-order valence-electron chi connectivity index (χ2n) is 7.11. The maximum absolute atomic E-state index is 13.4. The maximum atomic E-state index is 13.4. The van der Waals surface area contributed by atoms with Gasteiger partial charge in [-0.15, -0.1) is 0 Å². The van der Waals surface area contributed by atoms with Crippen LogP contribution in [0.3, 0.4) is 0 Å². The smallest absolute Gasteiger partial charge is 0.264 e. The Kier molecular flexibility index (Phi) is 6.70. The molecule has 0 radical (unpaired) electrons. The number of carbonyl (C=O) groups is 1. The third kappa shape index (κ3) is 4.85. The number of benzene rings is 2. The number of carbonyl (C=O) groups excluding carboxylic acids is 1. The Morgan fingerprint density at radius 1 is 1.07 bits per heavy atom. The summed E-state index contributed by atoms with van der Waals surface area (Å²) in [5.41, 5.74) is 0.387. The molecule has 1 amide bonds. The van der Waals surface area contributed by atoms with Crippen molar-refractivity contribution < 1.29 is 17.9 Å². The molecule has 156 valence electrons. The number of anilines is 1. The topological polar surface area (TPSA) is 66.9 Å². The van der Waals surface area contributed by atoms with E-state index in [0.717, 1.165) is 30.0 Å². The summed E-state index contributed by atoms with van der Waals surface area (Å²) in [4.78, 5) is 14.7. The molecule has 0 unspecified atom stereocenters. The molecule has 29 heavy (non-hydrogen) atoms. The minimum absolute atomic E-state index is 0.0876. The van der Waals surface area contributed by atoms with Gasteiger partial charge in [-0.3, -0.25) is 9.10 Å². The van der Waals surface area contributed by atoms with Crippen LogP contribution in [0.4, 0.5) is 5.69 Å². The highest BCUT2D eigenvalue weighted by Gasteiger charge is 2.30. The van der Waals surface area contributed by atoms with Gasteiger partial charge in [-0.25, -0.2) is 8.42 Å². The highest BCUT2D eigenvalue weighted by atomic mass is 35.5. The van der Waals surface area contributed by atoms with E-state index < -0.39 is 10.0 Å².